The van der Waals surface area contributed by atoms with Crippen molar-refractivity contribution in [2.75, 3.05) is 0 Å². The zero-order valence-corrected chi connectivity index (χ0v) is 38.3. The summed E-state index contributed by atoms with van der Waals surface area (Å²) in [5.74, 6) is 0.849. The molecule has 6 heteroatoms. The minimum Gasteiger partial charge on any atom is -0.412 e. The Morgan fingerprint density at radius 2 is 1.04 bits per heavy atom. The average molecular weight is 803 g/mol. The minimum absolute atomic E-state index is 0.0116. The molecular formula is C41H79IO3Si2. The number of hydrogen-bond donors (Lipinski definition) is 1. The van der Waals surface area contributed by atoms with E-state index >= 15 is 0 Å². The predicted octanol–water partition coefficient (Wildman–Crippen LogP) is 13.7. The van der Waals surface area contributed by atoms with Crippen molar-refractivity contribution in [1.29, 1.82) is 0 Å². The van der Waals surface area contributed by atoms with Gasteiger partial charge in [-0.2, -0.15) is 0 Å². The minimum atomic E-state index is -2.20. The van der Waals surface area contributed by atoms with E-state index in [9.17, 15) is 5.11 Å². The molecule has 47 heavy (non-hydrogen) atoms. The van der Waals surface area contributed by atoms with Gasteiger partial charge in [0.2, 0.25) is 16.6 Å². The topological polar surface area (TPSA) is 38.7 Å². The Hall–Kier alpha value is 0.00377. The van der Waals surface area contributed by atoms with E-state index in [0.29, 0.717) is 39.2 Å². The summed E-state index contributed by atoms with van der Waals surface area (Å²) in [5, 5.41) is 11.7. The van der Waals surface area contributed by atoms with Gasteiger partial charge in [0.15, 0.2) is 0 Å². The second-order valence-corrected chi connectivity index (χ2v) is 28.4. The van der Waals surface area contributed by atoms with Crippen LogP contribution >= 0.6 is 22.6 Å². The lowest BCUT2D eigenvalue weighted by Gasteiger charge is -2.48. The lowest BCUT2D eigenvalue weighted by Crippen LogP contribution is -2.54. The van der Waals surface area contributed by atoms with Crippen molar-refractivity contribution in [2.24, 2.45) is 29.6 Å². The molecule has 276 valence electrons. The van der Waals surface area contributed by atoms with Crippen molar-refractivity contribution in [1.82, 2.24) is 0 Å². The standard InChI is InChI=1S/C41H79IO3Si2/c1-20-21-22-34(15)39(43)38(19)41(45-47(30(8)9,31(10)11)32(12)13)37(18)26-33(14)25-36(17)40(35(16)23-24-42)44-46(27(2)3,28(4)5)29(6)7/h20-25,27-32,34-41,43H,1,26H2,2-19H3/b22-21-,24-23-,33-25-/t34-,35-,36-,37-,38+,39-,40-,41+/m0/s1. The Kier molecular flexibility index (Phi) is 21.4. The van der Waals surface area contributed by atoms with Crippen LogP contribution in [-0.4, -0.2) is 40.1 Å². The molecule has 0 aromatic heterocycles. The zero-order valence-electron chi connectivity index (χ0n) is 34.1. The van der Waals surface area contributed by atoms with E-state index in [1.807, 2.05) is 6.08 Å². The zero-order chi connectivity index (χ0) is 37.0. The highest BCUT2D eigenvalue weighted by atomic mass is 127. The Morgan fingerprint density at radius 1 is 0.638 bits per heavy atom. The summed E-state index contributed by atoms with van der Waals surface area (Å²) in [4.78, 5) is 0. The number of aliphatic hydroxyl groups excluding tert-OH is 1. The molecule has 0 aliphatic heterocycles. The van der Waals surface area contributed by atoms with Crippen LogP contribution < -0.4 is 0 Å². The smallest absolute Gasteiger partial charge is 0.200 e. The molecule has 0 aromatic rings. The molecule has 0 aromatic carbocycles. The van der Waals surface area contributed by atoms with E-state index in [1.54, 1.807) is 6.08 Å². The fourth-order valence-corrected chi connectivity index (χ4v) is 21.3. The molecule has 0 rings (SSSR count). The van der Waals surface area contributed by atoms with Gasteiger partial charge in [0.25, 0.3) is 0 Å². The summed E-state index contributed by atoms with van der Waals surface area (Å²) in [6.45, 7) is 45.9. The van der Waals surface area contributed by atoms with Gasteiger partial charge in [-0.1, -0.05) is 183 Å². The molecule has 0 bridgehead atoms. The first-order valence-corrected chi connectivity index (χ1v) is 24.4. The molecule has 3 nitrogen and oxygen atoms in total. The summed E-state index contributed by atoms with van der Waals surface area (Å²) in [6.07, 6.45) is 11.1. The number of halogens is 1. The molecule has 0 amide bonds. The third-order valence-corrected chi connectivity index (χ3v) is 24.0. The van der Waals surface area contributed by atoms with Crippen LogP contribution in [0.2, 0.25) is 33.2 Å². The maximum atomic E-state index is 11.7. The normalized spacial score (nSPS) is 19.4. The van der Waals surface area contributed by atoms with E-state index in [0.717, 1.165) is 6.42 Å². The highest BCUT2D eigenvalue weighted by Gasteiger charge is 2.49. The fourth-order valence-electron chi connectivity index (χ4n) is 9.22. The molecule has 0 saturated carbocycles. The summed E-state index contributed by atoms with van der Waals surface area (Å²) in [7, 11) is -4.27. The summed E-state index contributed by atoms with van der Waals surface area (Å²) in [6, 6.07) is 0. The van der Waals surface area contributed by atoms with Gasteiger partial charge in [0.1, 0.15) is 0 Å². The third kappa shape index (κ3) is 12.3. The van der Waals surface area contributed by atoms with Gasteiger partial charge < -0.3 is 14.0 Å². The van der Waals surface area contributed by atoms with Gasteiger partial charge in [-0.05, 0) is 62.5 Å². The first-order valence-electron chi connectivity index (χ1n) is 18.9. The Bertz CT molecular complexity index is 940. The summed E-state index contributed by atoms with van der Waals surface area (Å²) >= 11 is 2.35. The second kappa shape index (κ2) is 21.4. The molecule has 0 aliphatic carbocycles. The molecule has 0 fully saturated rings. The molecule has 1 N–H and O–H groups in total. The molecule has 0 radical (unpaired) electrons. The molecule has 0 spiro atoms. The molecule has 8 atom stereocenters. The average Bonchev–Trinajstić information content (AvgIpc) is 2.94. The quantitative estimate of drug-likeness (QED) is 0.0513. The van der Waals surface area contributed by atoms with Crippen molar-refractivity contribution >= 4 is 39.2 Å². The Morgan fingerprint density at radius 3 is 1.40 bits per heavy atom. The van der Waals surface area contributed by atoms with E-state index in [1.165, 1.54) is 5.57 Å². The van der Waals surface area contributed by atoms with Crippen LogP contribution in [0.1, 0.15) is 131 Å². The molecule has 0 heterocycles. The molecular weight excluding hydrogens is 724 g/mol. The number of aliphatic hydroxyl groups is 1. The molecule has 0 saturated heterocycles. The van der Waals surface area contributed by atoms with E-state index < -0.39 is 22.7 Å². The van der Waals surface area contributed by atoms with Crippen molar-refractivity contribution in [3.63, 3.8) is 0 Å². The van der Waals surface area contributed by atoms with Gasteiger partial charge in [-0.25, -0.2) is 0 Å². The van der Waals surface area contributed by atoms with Gasteiger partial charge in [0.05, 0.1) is 18.3 Å². The van der Waals surface area contributed by atoms with E-state index in [-0.39, 0.29) is 35.9 Å². The summed E-state index contributed by atoms with van der Waals surface area (Å²) in [5.41, 5.74) is 4.45. The highest BCUT2D eigenvalue weighted by molar-refractivity contribution is 14.1. The van der Waals surface area contributed by atoms with Crippen molar-refractivity contribution < 1.29 is 14.0 Å². The van der Waals surface area contributed by atoms with Crippen LogP contribution in [0.5, 0.6) is 0 Å². The van der Waals surface area contributed by atoms with Crippen LogP contribution in [0.4, 0.5) is 0 Å². The highest BCUT2D eigenvalue weighted by Crippen LogP contribution is 2.47. The fraction of sp³-hybridized carbons (Fsp3) is 0.805. The monoisotopic (exact) mass is 802 g/mol. The van der Waals surface area contributed by atoms with E-state index in [4.69, 9.17) is 8.85 Å². The van der Waals surface area contributed by atoms with Crippen LogP contribution in [0, 0.1) is 29.6 Å². The Balaban J connectivity index is 6.82. The molecule has 0 unspecified atom stereocenters. The van der Waals surface area contributed by atoms with E-state index in [2.05, 4.69) is 176 Å². The van der Waals surface area contributed by atoms with Gasteiger partial charge >= 0.3 is 0 Å². The van der Waals surface area contributed by atoms with Gasteiger partial charge in [-0.3, -0.25) is 0 Å². The van der Waals surface area contributed by atoms with Crippen molar-refractivity contribution in [3.8, 4) is 0 Å². The first-order chi connectivity index (χ1) is 21.6. The van der Waals surface area contributed by atoms with Gasteiger partial charge in [-0.15, -0.1) is 0 Å². The SMILES string of the molecule is C=C/C=C\[C@H](C)[C@H](O)[C@@H](C)[C@H](O[Si](C(C)C)(C(C)C)C(C)C)[C@@H](C)C/C(C)=C\[C@H](C)[C@@H](O[Si](C(C)C)(C(C)C)C(C)C)[C@@H](C)/C=C\I. The van der Waals surface area contributed by atoms with Crippen LogP contribution in [-0.2, 0) is 8.85 Å². The second-order valence-electron chi connectivity index (χ2n) is 16.9. The molecule has 0 aliphatic rings. The largest absolute Gasteiger partial charge is 0.412 e. The van der Waals surface area contributed by atoms with Crippen LogP contribution in [0.3, 0.4) is 0 Å². The maximum Gasteiger partial charge on any atom is 0.200 e. The lowest BCUT2D eigenvalue weighted by atomic mass is 9.81. The number of hydrogen-bond acceptors (Lipinski definition) is 3. The summed E-state index contributed by atoms with van der Waals surface area (Å²) < 4.78 is 17.2. The Labute approximate surface area is 310 Å². The van der Waals surface area contributed by atoms with Gasteiger partial charge in [0, 0.05) is 17.8 Å². The predicted molar refractivity (Wildman–Crippen MR) is 225 cm³/mol. The maximum absolute atomic E-state index is 11.7. The van der Waals surface area contributed by atoms with Crippen molar-refractivity contribution in [2.45, 2.75) is 183 Å². The third-order valence-electron chi connectivity index (χ3n) is 11.4. The number of allylic oxidation sites excluding steroid dienone is 3. The van der Waals surface area contributed by atoms with Crippen LogP contribution in [0.25, 0.3) is 0 Å². The van der Waals surface area contributed by atoms with Crippen LogP contribution in [0.15, 0.2) is 46.6 Å². The van der Waals surface area contributed by atoms with Crippen molar-refractivity contribution in [3.05, 3.63) is 46.6 Å². The number of rotatable bonds is 22. The first kappa shape index (κ1) is 47.0. The lowest BCUT2D eigenvalue weighted by molar-refractivity contribution is -0.0152.